The van der Waals surface area contributed by atoms with Gasteiger partial charge in [-0.2, -0.15) is 0 Å². The molecule has 0 saturated heterocycles. The number of rotatable bonds is 12. The normalized spacial score (nSPS) is 17.4. The Labute approximate surface area is 209 Å². The Morgan fingerprint density at radius 3 is 2.26 bits per heavy atom. The van der Waals surface area contributed by atoms with Crippen LogP contribution in [0.2, 0.25) is 0 Å². The number of nitrogens with one attached hydrogen (secondary N) is 2. The molecule has 3 aromatic carbocycles. The number of benzene rings is 3. The molecule has 0 heterocycles. The fourth-order valence-corrected chi connectivity index (χ4v) is 4.73. The van der Waals surface area contributed by atoms with Gasteiger partial charge in [-0.05, 0) is 61.3 Å². The number of hydrogen-bond acceptors (Lipinski definition) is 2. The Hall–Kier alpha value is -3.40. The highest BCUT2D eigenvalue weighted by molar-refractivity contribution is 5.97. The van der Waals surface area contributed by atoms with Gasteiger partial charge >= 0.3 is 0 Å². The van der Waals surface area contributed by atoms with Gasteiger partial charge in [-0.25, -0.2) is 0 Å². The van der Waals surface area contributed by atoms with E-state index in [-0.39, 0.29) is 11.8 Å². The highest BCUT2D eigenvalue weighted by Gasteiger charge is 2.37. The summed E-state index contributed by atoms with van der Waals surface area (Å²) in [5.74, 6) is 1.19. The van der Waals surface area contributed by atoms with Crippen LogP contribution in [0.1, 0.15) is 71.5 Å². The van der Waals surface area contributed by atoms with Crippen molar-refractivity contribution in [1.82, 2.24) is 10.6 Å². The molecule has 0 bridgehead atoms. The Morgan fingerprint density at radius 2 is 1.54 bits per heavy atom. The fourth-order valence-electron chi connectivity index (χ4n) is 4.73. The minimum Gasteiger partial charge on any atom is -0.350 e. The van der Waals surface area contributed by atoms with Crippen molar-refractivity contribution >= 4 is 11.8 Å². The average Bonchev–Trinajstić information content (AvgIpc) is 3.67. The van der Waals surface area contributed by atoms with Gasteiger partial charge in [-0.15, -0.1) is 0 Å². The van der Waals surface area contributed by atoms with Crippen LogP contribution in [-0.2, 0) is 11.3 Å². The molecule has 1 fully saturated rings. The molecule has 182 valence electrons. The van der Waals surface area contributed by atoms with Gasteiger partial charge in [-0.1, -0.05) is 97.6 Å². The summed E-state index contributed by atoms with van der Waals surface area (Å²) in [5, 5.41) is 5.98. The number of carbonyl (C=O) groups is 2. The molecule has 1 aliphatic carbocycles. The van der Waals surface area contributed by atoms with Gasteiger partial charge in [0.05, 0.1) is 0 Å². The molecule has 3 atom stereocenters. The number of aryl methyl sites for hydroxylation is 1. The predicted octanol–water partition coefficient (Wildman–Crippen LogP) is 6.16. The molecule has 0 spiro atoms. The monoisotopic (exact) mass is 468 g/mol. The summed E-state index contributed by atoms with van der Waals surface area (Å²) in [6.07, 6.45) is 6.33. The van der Waals surface area contributed by atoms with Crippen LogP contribution in [0.15, 0.2) is 84.9 Å². The Kier molecular flexibility index (Phi) is 8.72. The fraction of sp³-hybridized carbons (Fsp3) is 0.355. The molecule has 35 heavy (non-hydrogen) atoms. The van der Waals surface area contributed by atoms with Crippen molar-refractivity contribution in [1.29, 1.82) is 0 Å². The molecule has 0 aromatic heterocycles. The van der Waals surface area contributed by atoms with Crippen LogP contribution in [0.4, 0.5) is 0 Å². The first-order valence-electron chi connectivity index (χ1n) is 12.8. The lowest BCUT2D eigenvalue weighted by Crippen LogP contribution is -2.46. The molecule has 1 aliphatic rings. The van der Waals surface area contributed by atoms with Gasteiger partial charge in [0.2, 0.25) is 5.91 Å². The van der Waals surface area contributed by atoms with E-state index in [1.54, 1.807) is 0 Å². The first-order chi connectivity index (χ1) is 17.1. The number of amides is 2. The molecule has 4 rings (SSSR count). The third-order valence-corrected chi connectivity index (χ3v) is 6.96. The van der Waals surface area contributed by atoms with E-state index in [0.29, 0.717) is 18.5 Å². The molecular formula is C31H36N2O2. The Bertz CT molecular complexity index is 1080. The lowest BCUT2D eigenvalue weighted by atomic mass is 10.0. The molecular weight excluding hydrogens is 432 g/mol. The van der Waals surface area contributed by atoms with E-state index in [1.165, 1.54) is 18.4 Å². The molecule has 0 radical (unpaired) electrons. The summed E-state index contributed by atoms with van der Waals surface area (Å²) >= 11 is 0. The van der Waals surface area contributed by atoms with E-state index in [1.807, 2.05) is 61.5 Å². The second-order valence-corrected chi connectivity index (χ2v) is 9.75. The summed E-state index contributed by atoms with van der Waals surface area (Å²) in [7, 11) is 0. The van der Waals surface area contributed by atoms with Crippen molar-refractivity contribution in [2.24, 2.45) is 5.92 Å². The molecule has 2 unspecified atom stereocenters. The lowest BCUT2D eigenvalue weighted by Gasteiger charge is -2.19. The van der Waals surface area contributed by atoms with E-state index in [2.05, 4.69) is 41.0 Å². The highest BCUT2D eigenvalue weighted by atomic mass is 16.2. The van der Waals surface area contributed by atoms with Crippen molar-refractivity contribution in [2.45, 2.75) is 64.0 Å². The Morgan fingerprint density at radius 1 is 0.857 bits per heavy atom. The summed E-state index contributed by atoms with van der Waals surface area (Å²) in [4.78, 5) is 25.8. The van der Waals surface area contributed by atoms with Crippen molar-refractivity contribution < 1.29 is 9.59 Å². The predicted molar refractivity (Wildman–Crippen MR) is 141 cm³/mol. The van der Waals surface area contributed by atoms with Gasteiger partial charge in [0.15, 0.2) is 0 Å². The number of unbranched alkanes of at least 4 members (excludes halogenated alkanes) is 2. The van der Waals surface area contributed by atoms with E-state index >= 15 is 0 Å². The average molecular weight is 469 g/mol. The molecule has 1 saturated carbocycles. The molecule has 2 amide bonds. The zero-order valence-corrected chi connectivity index (χ0v) is 20.6. The topological polar surface area (TPSA) is 58.2 Å². The third kappa shape index (κ3) is 7.54. The van der Waals surface area contributed by atoms with Gasteiger partial charge < -0.3 is 10.6 Å². The van der Waals surface area contributed by atoms with Gasteiger partial charge in [-0.3, -0.25) is 9.59 Å². The van der Waals surface area contributed by atoms with Crippen molar-refractivity contribution in [3.63, 3.8) is 0 Å². The summed E-state index contributed by atoms with van der Waals surface area (Å²) < 4.78 is 0. The lowest BCUT2D eigenvalue weighted by molar-refractivity contribution is -0.123. The minimum absolute atomic E-state index is 0.124. The third-order valence-electron chi connectivity index (χ3n) is 6.96. The number of hydrogen-bond donors (Lipinski definition) is 2. The van der Waals surface area contributed by atoms with Crippen LogP contribution < -0.4 is 10.6 Å². The van der Waals surface area contributed by atoms with E-state index in [4.69, 9.17) is 0 Å². The van der Waals surface area contributed by atoms with Crippen molar-refractivity contribution in [2.75, 3.05) is 0 Å². The maximum atomic E-state index is 13.0. The molecule has 4 nitrogen and oxygen atoms in total. The minimum atomic E-state index is -0.537. The van der Waals surface area contributed by atoms with Crippen LogP contribution in [0.5, 0.6) is 0 Å². The summed E-state index contributed by atoms with van der Waals surface area (Å²) in [5.41, 5.74) is 4.19. The second kappa shape index (κ2) is 12.3. The summed E-state index contributed by atoms with van der Waals surface area (Å²) in [6.45, 7) is 2.45. The van der Waals surface area contributed by atoms with E-state index < -0.39 is 6.04 Å². The second-order valence-electron chi connectivity index (χ2n) is 9.75. The van der Waals surface area contributed by atoms with Crippen LogP contribution in [0.3, 0.4) is 0 Å². The maximum absolute atomic E-state index is 13.0. The summed E-state index contributed by atoms with van der Waals surface area (Å²) in [6, 6.07) is 27.6. The van der Waals surface area contributed by atoms with Crippen LogP contribution >= 0.6 is 0 Å². The smallest absolute Gasteiger partial charge is 0.251 e. The van der Waals surface area contributed by atoms with Crippen LogP contribution in [-0.4, -0.2) is 17.9 Å². The molecule has 2 N–H and O–H groups in total. The molecule has 3 aromatic rings. The van der Waals surface area contributed by atoms with Crippen molar-refractivity contribution in [3.05, 3.63) is 107 Å². The molecule has 4 heteroatoms. The van der Waals surface area contributed by atoms with Crippen LogP contribution in [0.25, 0.3) is 0 Å². The zero-order valence-electron chi connectivity index (χ0n) is 20.6. The van der Waals surface area contributed by atoms with Crippen LogP contribution in [0, 0.1) is 12.8 Å². The van der Waals surface area contributed by atoms with Crippen molar-refractivity contribution in [3.8, 4) is 0 Å². The van der Waals surface area contributed by atoms with E-state index in [9.17, 15) is 9.59 Å². The largest absolute Gasteiger partial charge is 0.350 e. The quantitative estimate of drug-likeness (QED) is 0.313. The highest BCUT2D eigenvalue weighted by Crippen LogP contribution is 2.50. The standard InChI is InChI=1S/C31H36N2O2/c1-23-17-19-26(20-18-23)30(34)33-29(31(35)32-22-24-11-5-2-6-12-24)16-10-4-9-15-27-21-28(27)25-13-7-3-8-14-25/h2-3,5-8,11-14,17-20,27-29H,4,9-10,15-16,21-22H2,1H3,(H,32,35)(H,33,34)/t27?,28?,29-/m0/s1. The Balaban J connectivity index is 1.25. The van der Waals surface area contributed by atoms with Gasteiger partial charge in [0.1, 0.15) is 6.04 Å². The van der Waals surface area contributed by atoms with Gasteiger partial charge in [0.25, 0.3) is 5.91 Å². The first-order valence-corrected chi connectivity index (χ1v) is 12.8. The number of carbonyl (C=O) groups excluding carboxylic acids is 2. The van der Waals surface area contributed by atoms with Gasteiger partial charge in [0, 0.05) is 12.1 Å². The van der Waals surface area contributed by atoms with E-state index in [0.717, 1.165) is 42.2 Å². The zero-order chi connectivity index (χ0) is 24.5. The molecule has 0 aliphatic heterocycles. The maximum Gasteiger partial charge on any atom is 0.251 e. The first kappa shape index (κ1) is 24.7. The SMILES string of the molecule is Cc1ccc(C(=O)N[C@@H](CCCCCC2CC2c2ccccc2)C(=O)NCc2ccccc2)cc1.